The van der Waals surface area contributed by atoms with Crippen molar-refractivity contribution in [1.29, 1.82) is 5.26 Å². The second kappa shape index (κ2) is 8.48. The summed E-state index contributed by atoms with van der Waals surface area (Å²) in [6.45, 7) is 2.70. The minimum absolute atomic E-state index is 0.00842. The highest BCUT2D eigenvalue weighted by molar-refractivity contribution is 6.31. The van der Waals surface area contributed by atoms with Crippen LogP contribution in [0, 0.1) is 11.3 Å². The maximum atomic E-state index is 12.6. The Balaban J connectivity index is 1.85. The molecule has 0 radical (unpaired) electrons. The second-order valence-electron chi connectivity index (χ2n) is 5.67. The van der Waals surface area contributed by atoms with Crippen molar-refractivity contribution in [2.45, 2.75) is 0 Å². The molecule has 2 aromatic rings. The first-order chi connectivity index (χ1) is 12.7. The molecule has 1 saturated heterocycles. The van der Waals surface area contributed by atoms with Crippen LogP contribution < -0.4 is 10.2 Å². The number of anilines is 2. The van der Waals surface area contributed by atoms with Gasteiger partial charge < -0.3 is 15.0 Å². The van der Waals surface area contributed by atoms with E-state index >= 15 is 0 Å². The van der Waals surface area contributed by atoms with Gasteiger partial charge in [0.05, 0.1) is 24.6 Å². The summed E-state index contributed by atoms with van der Waals surface area (Å²) in [6, 6.07) is 10.8. The number of rotatable bonds is 4. The fourth-order valence-corrected chi connectivity index (χ4v) is 2.83. The number of halogens is 1. The molecule has 26 heavy (non-hydrogen) atoms. The van der Waals surface area contributed by atoms with Gasteiger partial charge in [0.1, 0.15) is 11.6 Å². The van der Waals surface area contributed by atoms with Gasteiger partial charge in [-0.2, -0.15) is 5.26 Å². The van der Waals surface area contributed by atoms with Crippen LogP contribution in [0.15, 0.2) is 48.3 Å². The summed E-state index contributed by atoms with van der Waals surface area (Å²) in [5, 5.41) is 12.7. The van der Waals surface area contributed by atoms with E-state index in [1.165, 1.54) is 6.08 Å². The Morgan fingerprint density at radius 3 is 2.85 bits per heavy atom. The maximum Gasteiger partial charge on any atom is 0.266 e. The van der Waals surface area contributed by atoms with Gasteiger partial charge in [0.15, 0.2) is 0 Å². The van der Waals surface area contributed by atoms with E-state index in [9.17, 15) is 10.1 Å². The van der Waals surface area contributed by atoms with Crippen LogP contribution in [0.4, 0.5) is 11.4 Å². The Bertz CT molecular complexity index is 856. The van der Waals surface area contributed by atoms with Crippen molar-refractivity contribution in [1.82, 2.24) is 4.98 Å². The van der Waals surface area contributed by atoms with Gasteiger partial charge in [-0.1, -0.05) is 17.7 Å². The highest BCUT2D eigenvalue weighted by Crippen LogP contribution is 2.30. The van der Waals surface area contributed by atoms with Crippen LogP contribution in [0.3, 0.4) is 0 Å². The van der Waals surface area contributed by atoms with Crippen LogP contribution >= 0.6 is 11.6 Å². The standard InChI is InChI=1S/C19H17ClN4O2/c20-16-3-4-18(24-6-8-26-9-7-24)17(11-16)23-19(25)15(12-21)10-14-2-1-5-22-13-14/h1-5,10-11,13H,6-9H2,(H,23,25)/b15-10+. The van der Waals surface area contributed by atoms with Gasteiger partial charge in [-0.3, -0.25) is 9.78 Å². The molecule has 0 spiro atoms. The number of carbonyl (C=O) groups excluding carboxylic acids is 1. The van der Waals surface area contributed by atoms with Crippen LogP contribution in [0.5, 0.6) is 0 Å². The SMILES string of the molecule is N#C/C(=C\c1cccnc1)C(=O)Nc1cc(Cl)ccc1N1CCOCC1. The summed E-state index contributed by atoms with van der Waals surface area (Å²) in [4.78, 5) is 18.7. The van der Waals surface area contributed by atoms with Gasteiger partial charge in [-0.15, -0.1) is 0 Å². The molecule has 1 amide bonds. The van der Waals surface area contributed by atoms with E-state index in [0.717, 1.165) is 18.8 Å². The topological polar surface area (TPSA) is 78.2 Å². The zero-order valence-corrected chi connectivity index (χ0v) is 14.7. The average Bonchev–Trinajstić information content (AvgIpc) is 2.67. The van der Waals surface area contributed by atoms with Crippen molar-refractivity contribution in [3.8, 4) is 6.07 Å². The molecule has 1 fully saturated rings. The summed E-state index contributed by atoms with van der Waals surface area (Å²) >= 11 is 6.10. The Morgan fingerprint density at radius 1 is 1.35 bits per heavy atom. The molecule has 1 aliphatic heterocycles. The number of ether oxygens (including phenoxy) is 1. The number of aromatic nitrogens is 1. The number of nitriles is 1. The normalized spacial score (nSPS) is 14.6. The highest BCUT2D eigenvalue weighted by Gasteiger charge is 2.18. The Hall–Kier alpha value is -2.88. The number of nitrogens with zero attached hydrogens (tertiary/aromatic N) is 3. The first-order valence-electron chi connectivity index (χ1n) is 8.13. The summed E-state index contributed by atoms with van der Waals surface area (Å²) in [7, 11) is 0. The van der Waals surface area contributed by atoms with Crippen LogP contribution in [0.25, 0.3) is 6.08 Å². The number of amides is 1. The van der Waals surface area contributed by atoms with Crippen LogP contribution in [-0.2, 0) is 9.53 Å². The molecule has 2 heterocycles. The fraction of sp³-hybridized carbons (Fsp3) is 0.211. The monoisotopic (exact) mass is 368 g/mol. The van der Waals surface area contributed by atoms with Crippen molar-refractivity contribution >= 4 is 35.0 Å². The van der Waals surface area contributed by atoms with Crippen LogP contribution in [-0.4, -0.2) is 37.2 Å². The molecule has 0 aliphatic carbocycles. The molecule has 1 aromatic carbocycles. The van der Waals surface area contributed by atoms with E-state index in [-0.39, 0.29) is 5.57 Å². The van der Waals surface area contributed by atoms with Crippen molar-refractivity contribution in [3.05, 3.63) is 58.9 Å². The van der Waals surface area contributed by atoms with Gasteiger partial charge in [0, 0.05) is 30.5 Å². The Morgan fingerprint density at radius 2 is 2.15 bits per heavy atom. The number of nitrogens with one attached hydrogen (secondary N) is 1. The molecule has 132 valence electrons. The molecule has 1 N–H and O–H groups in total. The number of carbonyl (C=O) groups is 1. The lowest BCUT2D eigenvalue weighted by molar-refractivity contribution is -0.112. The minimum atomic E-state index is -0.492. The molecular formula is C19H17ClN4O2. The molecule has 0 unspecified atom stereocenters. The van der Waals surface area contributed by atoms with E-state index in [4.69, 9.17) is 16.3 Å². The fourth-order valence-electron chi connectivity index (χ4n) is 2.65. The molecule has 0 bridgehead atoms. The number of hydrogen-bond acceptors (Lipinski definition) is 5. The van der Waals surface area contributed by atoms with E-state index in [0.29, 0.717) is 29.5 Å². The molecule has 0 atom stereocenters. The predicted octanol–water partition coefficient (Wildman–Crippen LogP) is 3.12. The van der Waals surface area contributed by atoms with Gasteiger partial charge in [0.25, 0.3) is 5.91 Å². The third-order valence-electron chi connectivity index (χ3n) is 3.92. The van der Waals surface area contributed by atoms with Crippen LogP contribution in [0.1, 0.15) is 5.56 Å². The van der Waals surface area contributed by atoms with E-state index in [1.807, 2.05) is 12.1 Å². The van der Waals surface area contributed by atoms with Gasteiger partial charge in [-0.25, -0.2) is 0 Å². The third-order valence-corrected chi connectivity index (χ3v) is 4.15. The van der Waals surface area contributed by atoms with Crippen molar-refractivity contribution in [3.63, 3.8) is 0 Å². The van der Waals surface area contributed by atoms with Crippen LogP contribution in [0.2, 0.25) is 5.02 Å². The molecule has 7 heteroatoms. The van der Waals surface area contributed by atoms with E-state index in [1.54, 1.807) is 36.7 Å². The van der Waals surface area contributed by atoms with E-state index < -0.39 is 5.91 Å². The molecule has 3 rings (SSSR count). The summed E-state index contributed by atoms with van der Waals surface area (Å²) < 4.78 is 5.37. The molecule has 1 aliphatic rings. The lowest BCUT2D eigenvalue weighted by atomic mass is 10.1. The largest absolute Gasteiger partial charge is 0.378 e. The third kappa shape index (κ3) is 4.39. The highest BCUT2D eigenvalue weighted by atomic mass is 35.5. The quantitative estimate of drug-likeness (QED) is 0.662. The smallest absolute Gasteiger partial charge is 0.266 e. The summed E-state index contributed by atoms with van der Waals surface area (Å²) in [5.41, 5.74) is 2.09. The van der Waals surface area contributed by atoms with Gasteiger partial charge in [-0.05, 0) is 35.9 Å². The van der Waals surface area contributed by atoms with Crippen molar-refractivity contribution in [2.24, 2.45) is 0 Å². The zero-order chi connectivity index (χ0) is 18.4. The summed E-state index contributed by atoms with van der Waals surface area (Å²) in [6.07, 6.45) is 4.72. The van der Waals surface area contributed by atoms with Gasteiger partial charge in [0.2, 0.25) is 0 Å². The maximum absolute atomic E-state index is 12.6. The van der Waals surface area contributed by atoms with Crippen molar-refractivity contribution in [2.75, 3.05) is 36.5 Å². The first kappa shape index (κ1) is 17.9. The lowest BCUT2D eigenvalue weighted by Gasteiger charge is -2.30. The number of hydrogen-bond donors (Lipinski definition) is 1. The first-order valence-corrected chi connectivity index (χ1v) is 8.50. The molecule has 6 nitrogen and oxygen atoms in total. The zero-order valence-electron chi connectivity index (χ0n) is 14.0. The summed E-state index contributed by atoms with van der Waals surface area (Å²) in [5.74, 6) is -0.492. The van der Waals surface area contributed by atoms with E-state index in [2.05, 4.69) is 15.2 Å². The Kier molecular flexibility index (Phi) is 5.84. The minimum Gasteiger partial charge on any atom is -0.378 e. The lowest BCUT2D eigenvalue weighted by Crippen LogP contribution is -2.36. The second-order valence-corrected chi connectivity index (χ2v) is 6.11. The number of morpholine rings is 1. The average molecular weight is 369 g/mol. The predicted molar refractivity (Wildman–Crippen MR) is 101 cm³/mol. The number of pyridine rings is 1. The molecular weight excluding hydrogens is 352 g/mol. The van der Waals surface area contributed by atoms with Gasteiger partial charge >= 0.3 is 0 Å². The molecule has 1 aromatic heterocycles. The molecule has 0 saturated carbocycles. The number of benzene rings is 1. The van der Waals surface area contributed by atoms with Crippen molar-refractivity contribution < 1.29 is 9.53 Å². The Labute approximate surface area is 156 Å².